The Kier molecular flexibility index (Phi) is 6.00. The molecule has 0 spiro atoms. The number of carbonyl (C=O) groups is 1. The van der Waals surface area contributed by atoms with Gasteiger partial charge in [-0.1, -0.05) is 24.3 Å². The highest BCUT2D eigenvalue weighted by Gasteiger charge is 2.12. The van der Waals surface area contributed by atoms with E-state index in [2.05, 4.69) is 5.32 Å². The molecule has 6 heteroatoms. The second-order valence-corrected chi connectivity index (χ2v) is 7.61. The Morgan fingerprint density at radius 2 is 1.84 bits per heavy atom. The molecule has 2 heterocycles. The Balaban J connectivity index is 1.68. The summed E-state index contributed by atoms with van der Waals surface area (Å²) >= 11 is 0. The average Bonchev–Trinajstić information content (AvgIpc) is 3.22. The Labute approximate surface area is 182 Å². The topological polar surface area (TPSA) is 58.9 Å². The molecule has 6 nitrogen and oxygen atoms in total. The lowest BCUT2D eigenvalue weighted by Gasteiger charge is -2.11. The van der Waals surface area contributed by atoms with E-state index in [4.69, 9.17) is 9.84 Å². The molecule has 4 aromatic rings. The molecule has 0 fully saturated rings. The molecule has 0 unspecified atom stereocenters. The zero-order chi connectivity index (χ0) is 21.8. The maximum absolute atomic E-state index is 12.6. The molecule has 0 radical (unpaired) electrons. The van der Waals surface area contributed by atoms with Gasteiger partial charge in [-0.2, -0.15) is 5.10 Å². The van der Waals surface area contributed by atoms with Crippen LogP contribution in [0.2, 0.25) is 0 Å². The van der Waals surface area contributed by atoms with Crippen LogP contribution in [0.15, 0.2) is 72.8 Å². The fraction of sp³-hybridized carbons (Fsp3) is 0.200. The fourth-order valence-corrected chi connectivity index (χ4v) is 3.52. The first kappa shape index (κ1) is 20.6. The minimum absolute atomic E-state index is 0.0766. The van der Waals surface area contributed by atoms with Crippen molar-refractivity contribution >= 4 is 11.4 Å². The van der Waals surface area contributed by atoms with Crippen LogP contribution in [-0.2, 0) is 0 Å². The van der Waals surface area contributed by atoms with Gasteiger partial charge in [0.1, 0.15) is 5.75 Å². The first-order chi connectivity index (χ1) is 15.1. The van der Waals surface area contributed by atoms with E-state index in [9.17, 15) is 4.79 Å². The Morgan fingerprint density at radius 3 is 2.65 bits per heavy atom. The summed E-state index contributed by atoms with van der Waals surface area (Å²) in [5.74, 6) is 0.701. The standard InChI is InChI=1S/C25H26N4O2/c1-28(2)16-15-26-25(30)19-8-6-7-18(17-19)23-14-12-20-11-13-22(27-29(20)23)21-9-4-5-10-24(21)31-3/h4-14,17H,15-16H2,1-3H3,(H,26,30). The molecule has 0 aliphatic carbocycles. The third-order valence-electron chi connectivity index (χ3n) is 5.15. The molecule has 158 valence electrons. The zero-order valence-electron chi connectivity index (χ0n) is 18.0. The second kappa shape index (κ2) is 9.02. The zero-order valence-corrected chi connectivity index (χ0v) is 18.0. The summed E-state index contributed by atoms with van der Waals surface area (Å²) < 4.78 is 7.41. The molecule has 0 aliphatic rings. The van der Waals surface area contributed by atoms with E-state index in [1.54, 1.807) is 7.11 Å². The lowest BCUT2D eigenvalue weighted by molar-refractivity contribution is 0.0951. The van der Waals surface area contributed by atoms with Gasteiger partial charge in [-0.25, -0.2) is 4.52 Å². The van der Waals surface area contributed by atoms with E-state index in [0.717, 1.165) is 40.3 Å². The summed E-state index contributed by atoms with van der Waals surface area (Å²) in [6.07, 6.45) is 0. The SMILES string of the molecule is COc1ccccc1-c1ccc2ccc(-c3cccc(C(=O)NCCN(C)C)c3)n2n1. The third kappa shape index (κ3) is 4.44. The molecule has 1 amide bonds. The van der Waals surface area contributed by atoms with Gasteiger partial charge in [-0.05, 0) is 62.6 Å². The number of methoxy groups -OCH3 is 1. The highest BCUT2D eigenvalue weighted by molar-refractivity contribution is 5.95. The number of aromatic nitrogens is 2. The van der Waals surface area contributed by atoms with Crippen LogP contribution in [0.4, 0.5) is 0 Å². The van der Waals surface area contributed by atoms with Crippen molar-refractivity contribution in [2.24, 2.45) is 0 Å². The number of ether oxygens (including phenoxy) is 1. The summed E-state index contributed by atoms with van der Waals surface area (Å²) in [7, 11) is 5.63. The van der Waals surface area contributed by atoms with Gasteiger partial charge in [0.2, 0.25) is 0 Å². The van der Waals surface area contributed by atoms with Crippen molar-refractivity contribution in [3.05, 3.63) is 78.4 Å². The fourth-order valence-electron chi connectivity index (χ4n) is 3.52. The van der Waals surface area contributed by atoms with Gasteiger partial charge in [-0.15, -0.1) is 0 Å². The van der Waals surface area contributed by atoms with Gasteiger partial charge in [0.15, 0.2) is 0 Å². The second-order valence-electron chi connectivity index (χ2n) is 7.61. The van der Waals surface area contributed by atoms with Crippen LogP contribution < -0.4 is 10.1 Å². The van der Waals surface area contributed by atoms with E-state index in [0.29, 0.717) is 12.1 Å². The van der Waals surface area contributed by atoms with Gasteiger partial charge in [-0.3, -0.25) is 4.79 Å². The number of likely N-dealkylation sites (N-methyl/N-ethyl adjacent to an activating group) is 1. The summed E-state index contributed by atoms with van der Waals surface area (Å²) in [6.45, 7) is 1.40. The van der Waals surface area contributed by atoms with Crippen molar-refractivity contribution in [2.75, 3.05) is 34.3 Å². The van der Waals surface area contributed by atoms with Gasteiger partial charge in [0.25, 0.3) is 5.91 Å². The van der Waals surface area contributed by atoms with E-state index in [1.165, 1.54) is 0 Å². The van der Waals surface area contributed by atoms with Crippen molar-refractivity contribution < 1.29 is 9.53 Å². The van der Waals surface area contributed by atoms with Gasteiger partial charge < -0.3 is 15.0 Å². The quantitative estimate of drug-likeness (QED) is 0.497. The molecule has 0 saturated heterocycles. The van der Waals surface area contributed by atoms with E-state index in [-0.39, 0.29) is 5.91 Å². The van der Waals surface area contributed by atoms with Crippen molar-refractivity contribution in [1.82, 2.24) is 19.8 Å². The maximum Gasteiger partial charge on any atom is 0.251 e. The molecule has 2 aromatic carbocycles. The van der Waals surface area contributed by atoms with Gasteiger partial charge in [0.05, 0.1) is 24.0 Å². The average molecular weight is 415 g/mol. The summed E-state index contributed by atoms with van der Waals surface area (Å²) in [5, 5.41) is 7.83. The molecule has 31 heavy (non-hydrogen) atoms. The van der Waals surface area contributed by atoms with Crippen LogP contribution in [-0.4, -0.2) is 54.7 Å². The molecular weight excluding hydrogens is 388 g/mol. The number of fused-ring (bicyclic) bond motifs is 1. The number of para-hydroxylation sites is 1. The molecular formula is C25H26N4O2. The molecule has 0 saturated carbocycles. The summed E-state index contributed by atoms with van der Waals surface area (Å²) in [6, 6.07) is 23.6. The number of amides is 1. The number of hydrogen-bond donors (Lipinski definition) is 1. The Morgan fingerprint density at radius 1 is 1.03 bits per heavy atom. The van der Waals surface area contributed by atoms with Crippen molar-refractivity contribution in [1.29, 1.82) is 0 Å². The summed E-state index contributed by atoms with van der Waals surface area (Å²) in [4.78, 5) is 14.6. The van der Waals surface area contributed by atoms with Crippen molar-refractivity contribution in [2.45, 2.75) is 0 Å². The largest absolute Gasteiger partial charge is 0.496 e. The number of carbonyl (C=O) groups excluding carboxylic acids is 1. The van der Waals surface area contributed by atoms with Crippen LogP contribution >= 0.6 is 0 Å². The van der Waals surface area contributed by atoms with Crippen molar-refractivity contribution in [3.63, 3.8) is 0 Å². The van der Waals surface area contributed by atoms with Crippen LogP contribution in [0.3, 0.4) is 0 Å². The molecule has 0 bridgehead atoms. The third-order valence-corrected chi connectivity index (χ3v) is 5.15. The predicted octanol–water partition coefficient (Wildman–Crippen LogP) is 3.97. The highest BCUT2D eigenvalue weighted by Crippen LogP contribution is 2.30. The number of hydrogen-bond acceptors (Lipinski definition) is 4. The maximum atomic E-state index is 12.6. The van der Waals surface area contributed by atoms with E-state index < -0.39 is 0 Å². The monoisotopic (exact) mass is 414 g/mol. The van der Waals surface area contributed by atoms with Crippen LogP contribution in [0.5, 0.6) is 5.75 Å². The number of benzene rings is 2. The minimum atomic E-state index is -0.0766. The van der Waals surface area contributed by atoms with E-state index in [1.807, 2.05) is 96.3 Å². The number of nitrogens with zero attached hydrogens (tertiary/aromatic N) is 3. The minimum Gasteiger partial charge on any atom is -0.496 e. The first-order valence-corrected chi connectivity index (χ1v) is 10.2. The number of rotatable bonds is 7. The van der Waals surface area contributed by atoms with Crippen molar-refractivity contribution in [3.8, 4) is 28.3 Å². The molecule has 0 aliphatic heterocycles. The number of nitrogens with one attached hydrogen (secondary N) is 1. The first-order valence-electron chi connectivity index (χ1n) is 10.2. The predicted molar refractivity (Wildman–Crippen MR) is 124 cm³/mol. The van der Waals surface area contributed by atoms with Gasteiger partial charge >= 0.3 is 0 Å². The molecule has 1 N–H and O–H groups in total. The van der Waals surface area contributed by atoms with Gasteiger partial charge in [0, 0.05) is 29.8 Å². The van der Waals surface area contributed by atoms with Crippen LogP contribution in [0, 0.1) is 0 Å². The molecule has 0 atom stereocenters. The molecule has 2 aromatic heterocycles. The van der Waals surface area contributed by atoms with E-state index >= 15 is 0 Å². The smallest absolute Gasteiger partial charge is 0.251 e. The highest BCUT2D eigenvalue weighted by atomic mass is 16.5. The molecule has 4 rings (SSSR count). The Hall–Kier alpha value is -3.64. The van der Waals surface area contributed by atoms with Crippen LogP contribution in [0.1, 0.15) is 10.4 Å². The lowest BCUT2D eigenvalue weighted by Crippen LogP contribution is -2.31. The normalized spacial score (nSPS) is 11.1. The lowest BCUT2D eigenvalue weighted by atomic mass is 10.1. The Bertz CT molecular complexity index is 1210. The van der Waals surface area contributed by atoms with Crippen LogP contribution in [0.25, 0.3) is 28.0 Å². The summed E-state index contributed by atoms with van der Waals surface area (Å²) in [5.41, 5.74) is 5.22.